The van der Waals surface area contributed by atoms with E-state index in [1.165, 1.54) is 11.8 Å². The average Bonchev–Trinajstić information content (AvgIpc) is 3.14. The van der Waals surface area contributed by atoms with Gasteiger partial charge in [0.05, 0.1) is 5.75 Å². The summed E-state index contributed by atoms with van der Waals surface area (Å²) in [6.07, 6.45) is 1.81. The fourth-order valence-electron chi connectivity index (χ4n) is 2.80. The monoisotopic (exact) mass is 407 g/mol. The van der Waals surface area contributed by atoms with Gasteiger partial charge in [-0.1, -0.05) is 60.3 Å². The molecule has 0 bridgehead atoms. The quantitative estimate of drug-likeness (QED) is 0.434. The van der Waals surface area contributed by atoms with Crippen LogP contribution in [0.1, 0.15) is 5.56 Å². The van der Waals surface area contributed by atoms with Gasteiger partial charge in [-0.05, 0) is 17.7 Å². The zero-order valence-electron chi connectivity index (χ0n) is 16.7. The molecule has 3 aromatic rings. The van der Waals surface area contributed by atoms with Crippen LogP contribution in [0.15, 0.2) is 72.4 Å². The van der Waals surface area contributed by atoms with Gasteiger partial charge in [-0.25, -0.2) is 0 Å². The standard InChI is InChI=1S/C22H25N5OS/c1-4-13-27-21(18-11-8-12-19(14-18)26(2)3)24-25-22(27)29-16-20(28)23-15-17-9-6-5-7-10-17/h4-12,14H,1,13,15-16H2,2-3H3,(H,23,28). The van der Waals surface area contributed by atoms with Gasteiger partial charge in [-0.15, -0.1) is 16.8 Å². The number of allylic oxidation sites excluding steroid dienone is 1. The van der Waals surface area contributed by atoms with Gasteiger partial charge in [-0.3, -0.25) is 9.36 Å². The molecule has 0 atom stereocenters. The minimum absolute atomic E-state index is 0.0387. The molecule has 6 nitrogen and oxygen atoms in total. The van der Waals surface area contributed by atoms with Crippen LogP contribution in [0.3, 0.4) is 0 Å². The Bertz CT molecular complexity index is 968. The molecule has 0 unspecified atom stereocenters. The summed E-state index contributed by atoms with van der Waals surface area (Å²) in [6.45, 7) is 4.93. The summed E-state index contributed by atoms with van der Waals surface area (Å²) in [5.74, 6) is 1.00. The van der Waals surface area contributed by atoms with Crippen molar-refractivity contribution in [1.82, 2.24) is 20.1 Å². The van der Waals surface area contributed by atoms with Crippen molar-refractivity contribution in [3.8, 4) is 11.4 Å². The molecule has 0 spiro atoms. The van der Waals surface area contributed by atoms with E-state index in [-0.39, 0.29) is 11.7 Å². The number of carbonyl (C=O) groups excluding carboxylic acids is 1. The van der Waals surface area contributed by atoms with Crippen LogP contribution in [0.4, 0.5) is 5.69 Å². The highest BCUT2D eigenvalue weighted by Gasteiger charge is 2.15. The number of hydrogen-bond acceptors (Lipinski definition) is 5. The van der Waals surface area contributed by atoms with Crippen molar-refractivity contribution in [2.45, 2.75) is 18.2 Å². The summed E-state index contributed by atoms with van der Waals surface area (Å²) in [5.41, 5.74) is 3.14. The highest BCUT2D eigenvalue weighted by Crippen LogP contribution is 2.26. The lowest BCUT2D eigenvalue weighted by Gasteiger charge is -2.14. The second-order valence-corrected chi connectivity index (χ2v) is 7.64. The molecule has 0 aliphatic rings. The minimum atomic E-state index is -0.0387. The van der Waals surface area contributed by atoms with Crippen LogP contribution in [-0.2, 0) is 17.9 Å². The van der Waals surface area contributed by atoms with Gasteiger partial charge in [0.2, 0.25) is 5.91 Å². The third kappa shape index (κ3) is 5.48. The van der Waals surface area contributed by atoms with Crippen molar-refractivity contribution >= 4 is 23.4 Å². The summed E-state index contributed by atoms with van der Waals surface area (Å²) in [7, 11) is 4.01. The number of nitrogens with one attached hydrogen (secondary N) is 1. The van der Waals surface area contributed by atoms with E-state index in [4.69, 9.17) is 0 Å². The van der Waals surface area contributed by atoms with Gasteiger partial charge in [0.1, 0.15) is 0 Å². The van der Waals surface area contributed by atoms with Crippen molar-refractivity contribution in [3.05, 3.63) is 72.8 Å². The van der Waals surface area contributed by atoms with E-state index < -0.39 is 0 Å². The zero-order chi connectivity index (χ0) is 20.6. The van der Waals surface area contributed by atoms with E-state index in [2.05, 4.69) is 28.2 Å². The van der Waals surface area contributed by atoms with Crippen LogP contribution < -0.4 is 10.2 Å². The molecule has 1 aromatic heterocycles. The molecule has 1 amide bonds. The van der Waals surface area contributed by atoms with Crippen LogP contribution in [0, 0.1) is 0 Å². The fraction of sp³-hybridized carbons (Fsp3) is 0.227. The molecule has 3 rings (SSSR count). The Morgan fingerprint density at radius 3 is 2.69 bits per heavy atom. The molecular weight excluding hydrogens is 382 g/mol. The van der Waals surface area contributed by atoms with E-state index in [0.29, 0.717) is 18.2 Å². The summed E-state index contributed by atoms with van der Waals surface area (Å²) >= 11 is 1.38. The smallest absolute Gasteiger partial charge is 0.230 e. The number of carbonyl (C=O) groups is 1. The lowest BCUT2D eigenvalue weighted by Crippen LogP contribution is -2.24. The van der Waals surface area contributed by atoms with Gasteiger partial charge in [0.15, 0.2) is 11.0 Å². The van der Waals surface area contributed by atoms with Gasteiger partial charge < -0.3 is 10.2 Å². The maximum atomic E-state index is 12.2. The number of aromatic nitrogens is 3. The van der Waals surface area contributed by atoms with E-state index in [1.54, 1.807) is 0 Å². The number of rotatable bonds is 9. The third-order valence-electron chi connectivity index (χ3n) is 4.31. The van der Waals surface area contributed by atoms with Crippen molar-refractivity contribution in [2.75, 3.05) is 24.7 Å². The fourth-order valence-corrected chi connectivity index (χ4v) is 3.58. The number of thioether (sulfide) groups is 1. The van der Waals surface area contributed by atoms with Crippen LogP contribution >= 0.6 is 11.8 Å². The Hall–Kier alpha value is -3.06. The molecule has 0 saturated carbocycles. The van der Waals surface area contributed by atoms with Crippen molar-refractivity contribution < 1.29 is 4.79 Å². The van der Waals surface area contributed by atoms with Crippen LogP contribution in [0.5, 0.6) is 0 Å². The van der Waals surface area contributed by atoms with Gasteiger partial charge in [-0.2, -0.15) is 0 Å². The summed E-state index contributed by atoms with van der Waals surface area (Å²) in [4.78, 5) is 14.3. The van der Waals surface area contributed by atoms with Gasteiger partial charge in [0.25, 0.3) is 0 Å². The molecule has 2 aromatic carbocycles. The highest BCUT2D eigenvalue weighted by molar-refractivity contribution is 7.99. The Morgan fingerprint density at radius 2 is 1.97 bits per heavy atom. The predicted molar refractivity (Wildman–Crippen MR) is 119 cm³/mol. The first-order chi connectivity index (χ1) is 14.1. The molecule has 0 radical (unpaired) electrons. The maximum Gasteiger partial charge on any atom is 0.230 e. The minimum Gasteiger partial charge on any atom is -0.378 e. The van der Waals surface area contributed by atoms with Gasteiger partial charge in [0, 0.05) is 38.4 Å². The molecule has 150 valence electrons. The maximum absolute atomic E-state index is 12.2. The van der Waals surface area contributed by atoms with E-state index in [9.17, 15) is 4.79 Å². The Morgan fingerprint density at radius 1 is 1.17 bits per heavy atom. The number of amides is 1. The topological polar surface area (TPSA) is 63.1 Å². The largest absolute Gasteiger partial charge is 0.378 e. The van der Waals surface area contributed by atoms with Crippen molar-refractivity contribution in [2.24, 2.45) is 0 Å². The Labute approximate surface area is 175 Å². The molecule has 1 N–H and O–H groups in total. The lowest BCUT2D eigenvalue weighted by molar-refractivity contribution is -0.118. The molecule has 0 aliphatic carbocycles. The highest BCUT2D eigenvalue weighted by atomic mass is 32.2. The normalized spacial score (nSPS) is 10.6. The summed E-state index contributed by atoms with van der Waals surface area (Å²) < 4.78 is 1.98. The molecule has 7 heteroatoms. The molecule has 0 aliphatic heterocycles. The molecular formula is C22H25N5OS. The van der Waals surface area contributed by atoms with Crippen molar-refractivity contribution in [3.63, 3.8) is 0 Å². The summed E-state index contributed by atoms with van der Waals surface area (Å²) in [5, 5.41) is 12.3. The van der Waals surface area contributed by atoms with Crippen LogP contribution in [0.25, 0.3) is 11.4 Å². The molecule has 1 heterocycles. The molecule has 0 fully saturated rings. The van der Waals surface area contributed by atoms with Crippen LogP contribution in [-0.4, -0.2) is 40.5 Å². The first kappa shape index (κ1) is 20.7. The Kier molecular flexibility index (Phi) is 7.08. The number of nitrogens with zero attached hydrogens (tertiary/aromatic N) is 4. The second kappa shape index (κ2) is 9.93. The predicted octanol–water partition coefficient (Wildman–Crippen LogP) is 3.61. The average molecular weight is 408 g/mol. The van der Waals surface area contributed by atoms with Crippen LogP contribution in [0.2, 0.25) is 0 Å². The van der Waals surface area contributed by atoms with Crippen molar-refractivity contribution in [1.29, 1.82) is 0 Å². The van der Waals surface area contributed by atoms with E-state index >= 15 is 0 Å². The zero-order valence-corrected chi connectivity index (χ0v) is 17.5. The summed E-state index contributed by atoms with van der Waals surface area (Å²) in [6, 6.07) is 18.0. The SMILES string of the molecule is C=CCn1c(SCC(=O)NCc2ccccc2)nnc1-c1cccc(N(C)C)c1. The number of anilines is 1. The number of hydrogen-bond donors (Lipinski definition) is 1. The lowest BCUT2D eigenvalue weighted by atomic mass is 10.2. The molecule has 0 saturated heterocycles. The van der Waals surface area contributed by atoms with Gasteiger partial charge >= 0.3 is 0 Å². The Balaban J connectivity index is 1.69. The first-order valence-electron chi connectivity index (χ1n) is 9.33. The van der Waals surface area contributed by atoms with E-state index in [0.717, 1.165) is 22.6 Å². The molecule has 29 heavy (non-hydrogen) atoms. The first-order valence-corrected chi connectivity index (χ1v) is 10.3. The second-order valence-electron chi connectivity index (χ2n) is 6.70. The van der Waals surface area contributed by atoms with E-state index in [1.807, 2.05) is 78.2 Å². The number of benzene rings is 2. The third-order valence-corrected chi connectivity index (χ3v) is 5.28.